The number of nitrogens with one attached hydrogen (secondary N) is 2. The van der Waals surface area contributed by atoms with Crippen molar-refractivity contribution in [2.75, 3.05) is 11.8 Å². The smallest absolute Gasteiger partial charge is 0.261 e. The SMILES string of the molecule is CNCc1cccc(S(=O)(=O)Nc2ccc(C)nc2)c1. The first-order valence-corrected chi connectivity index (χ1v) is 7.68. The molecular weight excluding hydrogens is 274 g/mol. The van der Waals surface area contributed by atoms with Crippen LogP contribution in [0.3, 0.4) is 0 Å². The Bertz CT molecular complexity index is 682. The van der Waals surface area contributed by atoms with Crippen LogP contribution in [0.5, 0.6) is 0 Å². The maximum atomic E-state index is 12.3. The molecule has 2 rings (SSSR count). The van der Waals surface area contributed by atoms with Gasteiger partial charge in [-0.1, -0.05) is 12.1 Å². The molecule has 5 nitrogen and oxygen atoms in total. The lowest BCUT2D eigenvalue weighted by Gasteiger charge is -2.09. The van der Waals surface area contributed by atoms with E-state index in [9.17, 15) is 8.42 Å². The number of aryl methyl sites for hydroxylation is 1. The van der Waals surface area contributed by atoms with Gasteiger partial charge >= 0.3 is 0 Å². The zero-order valence-corrected chi connectivity index (χ0v) is 12.2. The van der Waals surface area contributed by atoms with Gasteiger partial charge in [-0.15, -0.1) is 0 Å². The first kappa shape index (κ1) is 14.5. The second kappa shape index (κ2) is 6.02. The number of nitrogens with zero attached hydrogens (tertiary/aromatic N) is 1. The molecule has 0 bridgehead atoms. The average molecular weight is 291 g/mol. The molecule has 0 aliphatic carbocycles. The van der Waals surface area contributed by atoms with Crippen LogP contribution in [0.25, 0.3) is 0 Å². The highest BCUT2D eigenvalue weighted by molar-refractivity contribution is 7.92. The van der Waals surface area contributed by atoms with E-state index in [0.29, 0.717) is 12.2 Å². The van der Waals surface area contributed by atoms with Crippen LogP contribution < -0.4 is 10.0 Å². The van der Waals surface area contributed by atoms with Crippen LogP contribution in [-0.4, -0.2) is 20.4 Å². The second-order valence-corrected chi connectivity index (χ2v) is 6.15. The van der Waals surface area contributed by atoms with Gasteiger partial charge in [0.25, 0.3) is 10.0 Å². The number of anilines is 1. The van der Waals surface area contributed by atoms with Crippen molar-refractivity contribution in [2.45, 2.75) is 18.4 Å². The molecule has 0 saturated carbocycles. The summed E-state index contributed by atoms with van der Waals surface area (Å²) in [6.07, 6.45) is 1.50. The molecule has 2 aromatic rings. The minimum absolute atomic E-state index is 0.242. The van der Waals surface area contributed by atoms with Crippen LogP contribution >= 0.6 is 0 Å². The predicted molar refractivity (Wildman–Crippen MR) is 79.0 cm³/mol. The van der Waals surface area contributed by atoms with E-state index < -0.39 is 10.0 Å². The third-order valence-electron chi connectivity index (χ3n) is 2.75. The Balaban J connectivity index is 2.25. The van der Waals surface area contributed by atoms with Crippen LogP contribution in [0.1, 0.15) is 11.3 Å². The third-order valence-corrected chi connectivity index (χ3v) is 4.13. The number of hydrogen-bond donors (Lipinski definition) is 2. The molecule has 20 heavy (non-hydrogen) atoms. The molecule has 0 fully saturated rings. The first-order chi connectivity index (χ1) is 9.51. The molecule has 0 radical (unpaired) electrons. The fourth-order valence-electron chi connectivity index (χ4n) is 1.77. The molecule has 0 aliphatic heterocycles. The van der Waals surface area contributed by atoms with Crippen LogP contribution in [0, 0.1) is 6.92 Å². The van der Waals surface area contributed by atoms with Crippen LogP contribution in [-0.2, 0) is 16.6 Å². The number of hydrogen-bond acceptors (Lipinski definition) is 4. The van der Waals surface area contributed by atoms with Gasteiger partial charge in [0, 0.05) is 12.2 Å². The van der Waals surface area contributed by atoms with E-state index in [2.05, 4.69) is 15.0 Å². The third kappa shape index (κ3) is 3.55. The van der Waals surface area contributed by atoms with Crippen molar-refractivity contribution in [1.29, 1.82) is 0 Å². The molecule has 0 aliphatic rings. The molecular formula is C14H17N3O2S. The number of benzene rings is 1. The Kier molecular flexibility index (Phi) is 4.36. The van der Waals surface area contributed by atoms with Gasteiger partial charge in [-0.3, -0.25) is 9.71 Å². The Morgan fingerprint density at radius 1 is 1.20 bits per heavy atom. The zero-order valence-electron chi connectivity index (χ0n) is 11.4. The van der Waals surface area contributed by atoms with Crippen molar-refractivity contribution in [2.24, 2.45) is 0 Å². The van der Waals surface area contributed by atoms with E-state index in [0.717, 1.165) is 11.3 Å². The van der Waals surface area contributed by atoms with Crippen molar-refractivity contribution in [3.05, 3.63) is 53.9 Å². The summed E-state index contributed by atoms with van der Waals surface area (Å²) in [6.45, 7) is 2.47. The van der Waals surface area contributed by atoms with Crippen molar-refractivity contribution < 1.29 is 8.42 Å². The molecule has 6 heteroatoms. The number of aromatic nitrogens is 1. The summed E-state index contributed by atoms with van der Waals surface area (Å²) in [5, 5.41) is 2.99. The summed E-state index contributed by atoms with van der Waals surface area (Å²) in [4.78, 5) is 4.31. The van der Waals surface area contributed by atoms with E-state index in [1.54, 1.807) is 30.3 Å². The topological polar surface area (TPSA) is 71.1 Å². The van der Waals surface area contributed by atoms with E-state index in [-0.39, 0.29) is 4.90 Å². The van der Waals surface area contributed by atoms with Gasteiger partial charge in [0.05, 0.1) is 16.8 Å². The second-order valence-electron chi connectivity index (χ2n) is 4.47. The molecule has 106 valence electrons. The fraction of sp³-hybridized carbons (Fsp3) is 0.214. The van der Waals surface area contributed by atoms with Gasteiger partial charge in [-0.2, -0.15) is 0 Å². The van der Waals surface area contributed by atoms with Gasteiger partial charge in [0.15, 0.2) is 0 Å². The first-order valence-electron chi connectivity index (χ1n) is 6.20. The summed E-state index contributed by atoms with van der Waals surface area (Å²) < 4.78 is 27.1. The van der Waals surface area contributed by atoms with E-state index in [4.69, 9.17) is 0 Å². The van der Waals surface area contributed by atoms with E-state index in [1.807, 2.05) is 20.0 Å². The lowest BCUT2D eigenvalue weighted by atomic mass is 10.2. The molecule has 0 atom stereocenters. The molecule has 1 aromatic heterocycles. The zero-order chi connectivity index (χ0) is 14.6. The fourth-order valence-corrected chi connectivity index (χ4v) is 2.88. The summed E-state index contributed by atoms with van der Waals surface area (Å²) >= 11 is 0. The normalized spacial score (nSPS) is 11.3. The number of rotatable bonds is 5. The van der Waals surface area contributed by atoms with Crippen LogP contribution in [0.15, 0.2) is 47.5 Å². The van der Waals surface area contributed by atoms with Gasteiger partial charge < -0.3 is 5.32 Å². The minimum Gasteiger partial charge on any atom is -0.316 e. The summed E-state index contributed by atoms with van der Waals surface area (Å²) in [7, 11) is -1.77. The molecule has 2 N–H and O–H groups in total. The summed E-state index contributed by atoms with van der Waals surface area (Å²) in [5.74, 6) is 0. The van der Waals surface area contributed by atoms with E-state index in [1.165, 1.54) is 6.20 Å². The van der Waals surface area contributed by atoms with Gasteiger partial charge in [-0.25, -0.2) is 8.42 Å². The van der Waals surface area contributed by atoms with Crippen LogP contribution in [0.4, 0.5) is 5.69 Å². The maximum Gasteiger partial charge on any atom is 0.261 e. The summed E-state index contributed by atoms with van der Waals surface area (Å²) in [6, 6.07) is 10.3. The largest absolute Gasteiger partial charge is 0.316 e. The maximum absolute atomic E-state index is 12.3. The quantitative estimate of drug-likeness (QED) is 0.883. The van der Waals surface area contributed by atoms with Gasteiger partial charge in [-0.05, 0) is 43.8 Å². The predicted octanol–water partition coefficient (Wildman–Crippen LogP) is 1.91. The minimum atomic E-state index is -3.58. The average Bonchev–Trinajstić information content (AvgIpc) is 2.42. The molecule has 0 unspecified atom stereocenters. The van der Waals surface area contributed by atoms with Gasteiger partial charge in [0.1, 0.15) is 0 Å². The molecule has 1 aromatic carbocycles. The van der Waals surface area contributed by atoms with E-state index >= 15 is 0 Å². The van der Waals surface area contributed by atoms with Crippen LogP contribution in [0.2, 0.25) is 0 Å². The lowest BCUT2D eigenvalue weighted by Crippen LogP contribution is -2.14. The monoisotopic (exact) mass is 291 g/mol. The van der Waals surface area contributed by atoms with Crippen molar-refractivity contribution in [1.82, 2.24) is 10.3 Å². The Morgan fingerprint density at radius 2 is 2.00 bits per heavy atom. The molecule has 0 amide bonds. The summed E-state index contributed by atoms with van der Waals surface area (Å²) in [5.41, 5.74) is 2.20. The van der Waals surface area contributed by atoms with Crippen molar-refractivity contribution in [3.63, 3.8) is 0 Å². The highest BCUT2D eigenvalue weighted by atomic mass is 32.2. The highest BCUT2D eigenvalue weighted by Gasteiger charge is 2.14. The van der Waals surface area contributed by atoms with Crippen molar-refractivity contribution >= 4 is 15.7 Å². The Labute approximate surface area is 119 Å². The molecule has 1 heterocycles. The van der Waals surface area contributed by atoms with Crippen molar-refractivity contribution in [3.8, 4) is 0 Å². The van der Waals surface area contributed by atoms with Gasteiger partial charge in [0.2, 0.25) is 0 Å². The molecule has 0 saturated heterocycles. The highest BCUT2D eigenvalue weighted by Crippen LogP contribution is 2.16. The standard InChI is InChI=1S/C14H17N3O2S/c1-11-6-7-13(10-16-11)17-20(18,19)14-5-3-4-12(8-14)9-15-2/h3-8,10,15,17H,9H2,1-2H3. The Morgan fingerprint density at radius 3 is 2.65 bits per heavy atom. The number of sulfonamides is 1. The lowest BCUT2D eigenvalue weighted by molar-refractivity contribution is 0.601. The Hall–Kier alpha value is -1.92. The number of pyridine rings is 1. The molecule has 0 spiro atoms.